The number of carboxylic acid groups (broad SMARTS) is 1. The van der Waals surface area contributed by atoms with Crippen molar-refractivity contribution in [2.24, 2.45) is 5.41 Å². The van der Waals surface area contributed by atoms with Gasteiger partial charge in [-0.2, -0.15) is 0 Å². The standard InChI is InChI=1S/C21H28N2O5/c1-5-21(6-2,20(25)26)13-22-19(24)11-16-7-9-17(10-8-16)27-12-18-14(3)23-28-15(18)4/h7-10H,5-6,11-13H2,1-4H3,(H,22,24)(H,25,26). The maximum atomic E-state index is 12.2. The zero-order valence-electron chi connectivity index (χ0n) is 16.9. The number of aryl methyl sites for hydroxylation is 2. The van der Waals surface area contributed by atoms with E-state index < -0.39 is 11.4 Å². The second-order valence-corrected chi connectivity index (χ2v) is 6.98. The Kier molecular flexibility index (Phi) is 7.20. The molecule has 0 atom stereocenters. The van der Waals surface area contributed by atoms with Crippen molar-refractivity contribution in [3.8, 4) is 5.75 Å². The number of nitrogens with zero attached hydrogens (tertiary/aromatic N) is 1. The smallest absolute Gasteiger partial charge is 0.311 e. The van der Waals surface area contributed by atoms with Gasteiger partial charge in [-0.1, -0.05) is 31.1 Å². The van der Waals surface area contributed by atoms with E-state index in [2.05, 4.69) is 10.5 Å². The van der Waals surface area contributed by atoms with Crippen molar-refractivity contribution in [3.05, 3.63) is 46.8 Å². The zero-order chi connectivity index (χ0) is 20.7. The Morgan fingerprint density at radius 3 is 2.32 bits per heavy atom. The van der Waals surface area contributed by atoms with Crippen LogP contribution in [0.2, 0.25) is 0 Å². The number of carbonyl (C=O) groups is 2. The van der Waals surface area contributed by atoms with E-state index in [-0.39, 0.29) is 18.9 Å². The summed E-state index contributed by atoms with van der Waals surface area (Å²) in [5.74, 6) is 0.350. The number of aromatic nitrogens is 1. The van der Waals surface area contributed by atoms with Gasteiger partial charge in [0.25, 0.3) is 0 Å². The van der Waals surface area contributed by atoms with Gasteiger partial charge in [-0.05, 0) is 44.4 Å². The second kappa shape index (κ2) is 9.39. The van der Waals surface area contributed by atoms with Crippen LogP contribution >= 0.6 is 0 Å². The molecular formula is C21H28N2O5. The molecular weight excluding hydrogens is 360 g/mol. The molecule has 2 rings (SSSR count). The molecule has 0 aliphatic carbocycles. The highest BCUT2D eigenvalue weighted by molar-refractivity contribution is 5.80. The van der Waals surface area contributed by atoms with E-state index in [0.717, 1.165) is 22.6 Å². The molecule has 0 bridgehead atoms. The highest BCUT2D eigenvalue weighted by Gasteiger charge is 2.35. The quantitative estimate of drug-likeness (QED) is 0.647. The maximum absolute atomic E-state index is 12.2. The number of nitrogens with one attached hydrogen (secondary N) is 1. The van der Waals surface area contributed by atoms with E-state index in [1.54, 1.807) is 12.1 Å². The van der Waals surface area contributed by atoms with Crippen LogP contribution in [0.3, 0.4) is 0 Å². The maximum Gasteiger partial charge on any atom is 0.311 e. The summed E-state index contributed by atoms with van der Waals surface area (Å²) in [6, 6.07) is 7.26. The SMILES string of the molecule is CCC(CC)(CNC(=O)Cc1ccc(OCc2c(C)noc2C)cc1)C(=O)O. The molecule has 0 radical (unpaired) electrons. The summed E-state index contributed by atoms with van der Waals surface area (Å²) in [5.41, 5.74) is 1.65. The van der Waals surface area contributed by atoms with E-state index in [9.17, 15) is 14.7 Å². The fourth-order valence-electron chi connectivity index (χ4n) is 2.96. The summed E-state index contributed by atoms with van der Waals surface area (Å²) in [7, 11) is 0. The third kappa shape index (κ3) is 5.12. The Hall–Kier alpha value is -2.83. The van der Waals surface area contributed by atoms with Gasteiger partial charge in [0.2, 0.25) is 5.91 Å². The minimum atomic E-state index is -0.911. The molecule has 2 aromatic rings. The van der Waals surface area contributed by atoms with E-state index in [4.69, 9.17) is 9.26 Å². The molecule has 1 aromatic heterocycles. The average molecular weight is 388 g/mol. The summed E-state index contributed by atoms with van der Waals surface area (Å²) in [4.78, 5) is 23.7. The molecule has 7 heteroatoms. The minimum Gasteiger partial charge on any atom is -0.489 e. The van der Waals surface area contributed by atoms with Crippen LogP contribution in [0.5, 0.6) is 5.75 Å². The van der Waals surface area contributed by atoms with Gasteiger partial charge in [0.1, 0.15) is 18.1 Å². The van der Waals surface area contributed by atoms with Crippen molar-refractivity contribution in [2.45, 2.75) is 53.6 Å². The van der Waals surface area contributed by atoms with Gasteiger partial charge in [-0.25, -0.2) is 0 Å². The van der Waals surface area contributed by atoms with Crippen LogP contribution < -0.4 is 10.1 Å². The first-order valence-electron chi connectivity index (χ1n) is 9.45. The predicted octanol–water partition coefficient (Wildman–Crippen LogP) is 3.42. The first-order chi connectivity index (χ1) is 13.3. The number of aliphatic carboxylic acids is 1. The summed E-state index contributed by atoms with van der Waals surface area (Å²) in [5, 5.41) is 16.1. The van der Waals surface area contributed by atoms with Gasteiger partial charge in [-0.3, -0.25) is 9.59 Å². The average Bonchev–Trinajstić information content (AvgIpc) is 3.00. The summed E-state index contributed by atoms with van der Waals surface area (Å²) >= 11 is 0. The van der Waals surface area contributed by atoms with Gasteiger partial charge in [0, 0.05) is 6.54 Å². The molecule has 152 valence electrons. The lowest BCUT2D eigenvalue weighted by Gasteiger charge is -2.26. The largest absolute Gasteiger partial charge is 0.489 e. The van der Waals surface area contributed by atoms with Crippen LogP contribution in [0.1, 0.15) is 49.3 Å². The number of hydrogen-bond acceptors (Lipinski definition) is 5. The first-order valence-corrected chi connectivity index (χ1v) is 9.45. The van der Waals surface area contributed by atoms with Gasteiger partial charge in [0.15, 0.2) is 0 Å². The zero-order valence-corrected chi connectivity index (χ0v) is 16.9. The summed E-state index contributed by atoms with van der Waals surface area (Å²) in [6.45, 7) is 7.86. The molecule has 0 saturated heterocycles. The molecule has 0 saturated carbocycles. The highest BCUT2D eigenvalue weighted by Crippen LogP contribution is 2.25. The summed E-state index contributed by atoms with van der Waals surface area (Å²) in [6.07, 6.45) is 1.12. The first kappa shape index (κ1) is 21.5. The van der Waals surface area contributed by atoms with Gasteiger partial charge >= 0.3 is 5.97 Å². The second-order valence-electron chi connectivity index (χ2n) is 6.98. The van der Waals surface area contributed by atoms with Gasteiger partial charge < -0.3 is 19.7 Å². The lowest BCUT2D eigenvalue weighted by atomic mass is 9.82. The van der Waals surface area contributed by atoms with Crippen molar-refractivity contribution in [3.63, 3.8) is 0 Å². The topological polar surface area (TPSA) is 102 Å². The minimum absolute atomic E-state index is 0.132. The van der Waals surface area contributed by atoms with Crippen molar-refractivity contribution < 1.29 is 24.0 Å². The third-order valence-electron chi connectivity index (χ3n) is 5.28. The number of benzene rings is 1. The number of ether oxygens (including phenoxy) is 1. The van der Waals surface area contributed by atoms with Gasteiger partial charge in [0.05, 0.1) is 23.1 Å². The molecule has 2 N–H and O–H groups in total. The van der Waals surface area contributed by atoms with E-state index in [1.807, 2.05) is 39.8 Å². The lowest BCUT2D eigenvalue weighted by molar-refractivity contribution is -0.149. The molecule has 1 heterocycles. The van der Waals surface area contributed by atoms with Crippen molar-refractivity contribution in [1.29, 1.82) is 0 Å². The molecule has 0 aliphatic heterocycles. The molecule has 7 nitrogen and oxygen atoms in total. The van der Waals surface area contributed by atoms with Crippen LogP contribution in [-0.4, -0.2) is 28.7 Å². The number of rotatable bonds is 10. The van der Waals surface area contributed by atoms with E-state index in [1.165, 1.54) is 0 Å². The van der Waals surface area contributed by atoms with Crippen LogP contribution in [0.15, 0.2) is 28.8 Å². The molecule has 0 aliphatic rings. The Labute approximate surface area is 165 Å². The molecule has 0 spiro atoms. The fraction of sp³-hybridized carbons (Fsp3) is 0.476. The number of carboxylic acids is 1. The Bertz CT molecular complexity index is 787. The fourth-order valence-corrected chi connectivity index (χ4v) is 2.96. The lowest BCUT2D eigenvalue weighted by Crippen LogP contribution is -2.42. The van der Waals surface area contributed by atoms with Crippen molar-refractivity contribution in [2.75, 3.05) is 6.54 Å². The molecule has 1 aromatic carbocycles. The number of carbonyl (C=O) groups excluding carboxylic acids is 1. The van der Waals surface area contributed by atoms with Crippen LogP contribution in [-0.2, 0) is 22.6 Å². The van der Waals surface area contributed by atoms with E-state index >= 15 is 0 Å². The van der Waals surface area contributed by atoms with Crippen molar-refractivity contribution >= 4 is 11.9 Å². The molecule has 0 fully saturated rings. The normalized spacial score (nSPS) is 11.3. The number of hydrogen-bond donors (Lipinski definition) is 2. The Balaban J connectivity index is 1.88. The van der Waals surface area contributed by atoms with Crippen LogP contribution in [0.4, 0.5) is 0 Å². The van der Waals surface area contributed by atoms with E-state index in [0.29, 0.717) is 25.2 Å². The van der Waals surface area contributed by atoms with Crippen LogP contribution in [0, 0.1) is 19.3 Å². The number of amides is 1. The Morgan fingerprint density at radius 1 is 1.18 bits per heavy atom. The summed E-state index contributed by atoms with van der Waals surface area (Å²) < 4.78 is 10.9. The molecule has 0 unspecified atom stereocenters. The predicted molar refractivity (Wildman–Crippen MR) is 104 cm³/mol. The molecule has 1 amide bonds. The van der Waals surface area contributed by atoms with Crippen LogP contribution in [0.25, 0.3) is 0 Å². The highest BCUT2D eigenvalue weighted by atomic mass is 16.5. The third-order valence-corrected chi connectivity index (χ3v) is 5.28. The van der Waals surface area contributed by atoms with Crippen molar-refractivity contribution in [1.82, 2.24) is 10.5 Å². The molecule has 28 heavy (non-hydrogen) atoms. The Morgan fingerprint density at radius 2 is 1.82 bits per heavy atom. The monoisotopic (exact) mass is 388 g/mol. The van der Waals surface area contributed by atoms with Gasteiger partial charge in [-0.15, -0.1) is 0 Å².